The van der Waals surface area contributed by atoms with E-state index in [0.29, 0.717) is 23.7 Å². The van der Waals surface area contributed by atoms with Crippen molar-refractivity contribution < 1.29 is 29.0 Å². The van der Waals surface area contributed by atoms with Crippen LogP contribution in [0.15, 0.2) is 23.1 Å². The van der Waals surface area contributed by atoms with Crippen LogP contribution in [0.3, 0.4) is 0 Å². The van der Waals surface area contributed by atoms with Crippen molar-refractivity contribution in [3.05, 3.63) is 28.7 Å². The maximum absolute atomic E-state index is 12.2. The number of nitrogens with zero attached hydrogens (tertiary/aromatic N) is 1. The van der Waals surface area contributed by atoms with Crippen LogP contribution in [-0.2, 0) is 9.59 Å². The molecule has 1 N–H and O–H groups in total. The number of carboxylic acids is 1. The lowest BCUT2D eigenvalue weighted by Crippen LogP contribution is -2.30. The minimum Gasteiger partial charge on any atom is -0.493 e. The number of ether oxygens (including phenoxy) is 2. The molecule has 0 atom stereocenters. The van der Waals surface area contributed by atoms with Gasteiger partial charge >= 0.3 is 5.97 Å². The third-order valence-corrected chi connectivity index (χ3v) is 4.12. The standard InChI is InChI=1S/C16H17NO6S/c1-3-23-11-5-4-10(8-12(11)22-2)9-13-15(20)17(16(21)24-13)7-6-14(18)19/h4-5,8-9H,3,6-7H2,1-2H3,(H,18,19)/b13-9+. The SMILES string of the molecule is CCOc1ccc(/C=C2/SC(=O)N(CCC(=O)O)C2=O)cc1OC. The van der Waals surface area contributed by atoms with Crippen molar-refractivity contribution in [2.75, 3.05) is 20.3 Å². The second kappa shape index (κ2) is 7.87. The Balaban J connectivity index is 2.20. The van der Waals surface area contributed by atoms with E-state index >= 15 is 0 Å². The van der Waals surface area contributed by atoms with Crippen LogP contribution < -0.4 is 9.47 Å². The molecular weight excluding hydrogens is 334 g/mol. The number of benzene rings is 1. The Hall–Kier alpha value is -2.48. The average Bonchev–Trinajstić information content (AvgIpc) is 2.80. The number of carbonyl (C=O) groups excluding carboxylic acids is 2. The summed E-state index contributed by atoms with van der Waals surface area (Å²) < 4.78 is 10.7. The minimum absolute atomic E-state index is 0.135. The second-order valence-corrected chi connectivity index (χ2v) is 5.81. The minimum atomic E-state index is -1.06. The summed E-state index contributed by atoms with van der Waals surface area (Å²) in [7, 11) is 1.52. The van der Waals surface area contributed by atoms with E-state index in [-0.39, 0.29) is 17.9 Å². The number of rotatable bonds is 7. The third kappa shape index (κ3) is 4.08. The summed E-state index contributed by atoms with van der Waals surface area (Å²) >= 11 is 0.790. The lowest BCUT2D eigenvalue weighted by Gasteiger charge is -2.10. The number of hydrogen-bond acceptors (Lipinski definition) is 6. The number of carbonyl (C=O) groups is 3. The average molecular weight is 351 g/mol. The largest absolute Gasteiger partial charge is 0.493 e. The van der Waals surface area contributed by atoms with E-state index in [0.717, 1.165) is 16.7 Å². The molecule has 8 heteroatoms. The van der Waals surface area contributed by atoms with Gasteiger partial charge in [-0.3, -0.25) is 19.3 Å². The Morgan fingerprint density at radius 3 is 2.71 bits per heavy atom. The van der Waals surface area contributed by atoms with E-state index in [1.807, 2.05) is 6.92 Å². The molecule has 1 fully saturated rings. The van der Waals surface area contributed by atoms with E-state index in [4.69, 9.17) is 14.6 Å². The van der Waals surface area contributed by atoms with Crippen LogP contribution in [0, 0.1) is 0 Å². The fourth-order valence-corrected chi connectivity index (χ4v) is 2.97. The number of thioether (sulfide) groups is 1. The molecule has 0 radical (unpaired) electrons. The van der Waals surface area contributed by atoms with Crippen molar-refractivity contribution in [3.63, 3.8) is 0 Å². The first-order valence-corrected chi connectivity index (χ1v) is 8.06. The van der Waals surface area contributed by atoms with Crippen LogP contribution in [-0.4, -0.2) is 47.4 Å². The Labute approximate surface area is 143 Å². The van der Waals surface area contributed by atoms with Crippen molar-refractivity contribution >= 4 is 35.0 Å². The quantitative estimate of drug-likeness (QED) is 0.755. The fourth-order valence-electron chi connectivity index (χ4n) is 2.10. The van der Waals surface area contributed by atoms with Crippen LogP contribution in [0.5, 0.6) is 11.5 Å². The van der Waals surface area contributed by atoms with Gasteiger partial charge in [-0.25, -0.2) is 0 Å². The number of amides is 2. The summed E-state index contributed by atoms with van der Waals surface area (Å²) in [4.78, 5) is 35.9. The van der Waals surface area contributed by atoms with E-state index in [1.54, 1.807) is 24.3 Å². The topological polar surface area (TPSA) is 93.1 Å². The van der Waals surface area contributed by atoms with E-state index in [1.165, 1.54) is 7.11 Å². The van der Waals surface area contributed by atoms with Gasteiger partial charge in [-0.1, -0.05) is 6.07 Å². The van der Waals surface area contributed by atoms with Crippen molar-refractivity contribution in [2.45, 2.75) is 13.3 Å². The Morgan fingerprint density at radius 2 is 2.08 bits per heavy atom. The molecule has 1 heterocycles. The molecule has 128 valence electrons. The zero-order valence-electron chi connectivity index (χ0n) is 13.3. The molecule has 7 nitrogen and oxygen atoms in total. The van der Waals surface area contributed by atoms with Crippen molar-refractivity contribution in [1.82, 2.24) is 4.90 Å². The van der Waals surface area contributed by atoms with Crippen LogP contribution in [0.1, 0.15) is 18.9 Å². The summed E-state index contributed by atoms with van der Waals surface area (Å²) in [5, 5.41) is 8.21. The molecule has 1 aromatic carbocycles. The molecular formula is C16H17NO6S. The number of hydrogen-bond donors (Lipinski definition) is 1. The van der Waals surface area contributed by atoms with Crippen molar-refractivity contribution in [1.29, 1.82) is 0 Å². The number of aliphatic carboxylic acids is 1. The van der Waals surface area contributed by atoms with Gasteiger partial charge in [-0.2, -0.15) is 0 Å². The van der Waals surface area contributed by atoms with Crippen molar-refractivity contribution in [3.8, 4) is 11.5 Å². The Morgan fingerprint density at radius 1 is 1.33 bits per heavy atom. The summed E-state index contributed by atoms with van der Waals surface area (Å²) in [5.74, 6) is -0.434. The molecule has 0 unspecified atom stereocenters. The monoisotopic (exact) mass is 351 g/mol. The zero-order chi connectivity index (χ0) is 17.7. The highest BCUT2D eigenvalue weighted by Crippen LogP contribution is 2.34. The van der Waals surface area contributed by atoms with Gasteiger partial charge < -0.3 is 14.6 Å². The number of methoxy groups -OCH3 is 1. The molecule has 0 aromatic heterocycles. The Bertz CT molecular complexity index is 700. The smallest absolute Gasteiger partial charge is 0.305 e. The summed E-state index contributed by atoms with van der Waals surface area (Å²) in [6.07, 6.45) is 1.30. The van der Waals surface area contributed by atoms with Gasteiger partial charge in [0.2, 0.25) is 0 Å². The lowest BCUT2D eigenvalue weighted by molar-refractivity contribution is -0.137. The van der Waals surface area contributed by atoms with Gasteiger partial charge in [0.25, 0.3) is 11.1 Å². The van der Waals surface area contributed by atoms with Gasteiger partial charge in [0, 0.05) is 6.54 Å². The maximum Gasteiger partial charge on any atom is 0.305 e. The molecule has 24 heavy (non-hydrogen) atoms. The molecule has 0 spiro atoms. The van der Waals surface area contributed by atoms with E-state index < -0.39 is 17.1 Å². The molecule has 0 bridgehead atoms. The predicted octanol–water partition coefficient (Wildman–Crippen LogP) is 2.60. The number of imide groups is 1. The van der Waals surface area contributed by atoms with Crippen LogP contribution in [0.2, 0.25) is 0 Å². The highest BCUT2D eigenvalue weighted by atomic mass is 32.2. The first-order chi connectivity index (χ1) is 11.5. The van der Waals surface area contributed by atoms with Gasteiger partial charge in [-0.05, 0) is 42.5 Å². The van der Waals surface area contributed by atoms with Gasteiger partial charge in [0.05, 0.1) is 25.0 Å². The lowest BCUT2D eigenvalue weighted by atomic mass is 10.2. The van der Waals surface area contributed by atoms with E-state index in [9.17, 15) is 14.4 Å². The zero-order valence-corrected chi connectivity index (χ0v) is 14.1. The summed E-state index contributed by atoms with van der Waals surface area (Å²) in [6.45, 7) is 2.22. The highest BCUT2D eigenvalue weighted by molar-refractivity contribution is 8.18. The second-order valence-electron chi connectivity index (χ2n) is 4.82. The molecule has 1 aromatic rings. The molecule has 2 rings (SSSR count). The highest BCUT2D eigenvalue weighted by Gasteiger charge is 2.35. The molecule has 1 aliphatic rings. The van der Waals surface area contributed by atoms with Crippen molar-refractivity contribution in [2.24, 2.45) is 0 Å². The molecule has 1 saturated heterocycles. The molecule has 2 amide bonds. The van der Waals surface area contributed by atoms with Gasteiger partial charge in [0.1, 0.15) is 0 Å². The molecule has 0 aliphatic carbocycles. The molecule has 0 saturated carbocycles. The molecule has 1 aliphatic heterocycles. The van der Waals surface area contributed by atoms with Crippen LogP contribution in [0.25, 0.3) is 6.08 Å². The third-order valence-electron chi connectivity index (χ3n) is 3.21. The van der Waals surface area contributed by atoms with E-state index in [2.05, 4.69) is 0 Å². The normalized spacial score (nSPS) is 15.9. The number of carboxylic acid groups (broad SMARTS) is 1. The fraction of sp³-hybridized carbons (Fsp3) is 0.312. The van der Waals surface area contributed by atoms with Gasteiger partial charge in [-0.15, -0.1) is 0 Å². The van der Waals surface area contributed by atoms with Gasteiger partial charge in [0.15, 0.2) is 11.5 Å². The maximum atomic E-state index is 12.2. The predicted molar refractivity (Wildman–Crippen MR) is 89.1 cm³/mol. The first-order valence-electron chi connectivity index (χ1n) is 7.24. The Kier molecular flexibility index (Phi) is 5.86. The van der Waals surface area contributed by atoms with Crippen LogP contribution >= 0.6 is 11.8 Å². The summed E-state index contributed by atoms with van der Waals surface area (Å²) in [6, 6.07) is 5.18. The first kappa shape index (κ1) is 17.9. The van der Waals surface area contributed by atoms with Crippen LogP contribution in [0.4, 0.5) is 4.79 Å². The summed E-state index contributed by atoms with van der Waals surface area (Å²) in [5.41, 5.74) is 0.680.